The largest absolute Gasteiger partial charge is 0.380 e. The number of ether oxygens (including phenoxy) is 1. The van der Waals surface area contributed by atoms with Gasteiger partial charge in [0, 0.05) is 12.0 Å². The maximum absolute atomic E-state index is 6.35. The fraction of sp³-hybridized carbons (Fsp3) is 0.400. The second kappa shape index (κ2) is 5.41. The highest BCUT2D eigenvalue weighted by Crippen LogP contribution is 2.32. The number of hydrogen-bond donors (Lipinski definition) is 1. The maximum atomic E-state index is 6.35. The van der Waals surface area contributed by atoms with Gasteiger partial charge in [-0.1, -0.05) is 24.3 Å². The first kappa shape index (κ1) is 12.8. The standard InChI is InChI=1S/C15H18N2OS/c1-18-9-10-4-2-5-11(8-10)14(16)15-17-12-6-3-7-13(12)19-15/h2,4-5,8,14H,3,6-7,9,16H2,1H3. The van der Waals surface area contributed by atoms with Crippen LogP contribution < -0.4 is 5.73 Å². The predicted octanol–water partition coefficient (Wildman–Crippen LogP) is 2.83. The van der Waals surface area contributed by atoms with Gasteiger partial charge in [-0.3, -0.25) is 0 Å². The molecule has 1 aliphatic carbocycles. The van der Waals surface area contributed by atoms with E-state index in [2.05, 4.69) is 18.2 Å². The van der Waals surface area contributed by atoms with Crippen LogP contribution in [0.3, 0.4) is 0 Å². The van der Waals surface area contributed by atoms with E-state index in [1.54, 1.807) is 18.4 Å². The van der Waals surface area contributed by atoms with E-state index in [0.717, 1.165) is 22.6 Å². The molecule has 1 aliphatic rings. The fourth-order valence-corrected chi connectivity index (χ4v) is 3.71. The lowest BCUT2D eigenvalue weighted by atomic mass is 10.1. The Labute approximate surface area is 117 Å². The number of fused-ring (bicyclic) bond motifs is 1. The van der Waals surface area contributed by atoms with Gasteiger partial charge in [0.2, 0.25) is 0 Å². The zero-order valence-electron chi connectivity index (χ0n) is 11.1. The minimum absolute atomic E-state index is 0.118. The molecule has 3 nitrogen and oxygen atoms in total. The molecule has 0 saturated carbocycles. The summed E-state index contributed by atoms with van der Waals surface area (Å²) in [7, 11) is 1.71. The van der Waals surface area contributed by atoms with Gasteiger partial charge in [0.1, 0.15) is 5.01 Å². The quantitative estimate of drug-likeness (QED) is 0.932. The molecule has 1 aromatic heterocycles. The number of methoxy groups -OCH3 is 1. The van der Waals surface area contributed by atoms with Crippen LogP contribution >= 0.6 is 11.3 Å². The number of thiazole rings is 1. The molecule has 2 aromatic rings. The third kappa shape index (κ3) is 2.56. The van der Waals surface area contributed by atoms with Gasteiger partial charge in [0.05, 0.1) is 18.3 Å². The van der Waals surface area contributed by atoms with Crippen molar-refractivity contribution >= 4 is 11.3 Å². The van der Waals surface area contributed by atoms with Crippen LogP contribution in [0.5, 0.6) is 0 Å². The summed E-state index contributed by atoms with van der Waals surface area (Å²) >= 11 is 1.78. The lowest BCUT2D eigenvalue weighted by Crippen LogP contribution is -2.12. The van der Waals surface area contributed by atoms with Crippen molar-refractivity contribution in [2.45, 2.75) is 31.9 Å². The van der Waals surface area contributed by atoms with Crippen LogP contribution in [0.1, 0.15) is 39.2 Å². The van der Waals surface area contributed by atoms with Gasteiger partial charge in [0.25, 0.3) is 0 Å². The Morgan fingerprint density at radius 3 is 3.11 bits per heavy atom. The zero-order chi connectivity index (χ0) is 13.2. The van der Waals surface area contributed by atoms with Crippen LogP contribution in [0.2, 0.25) is 0 Å². The van der Waals surface area contributed by atoms with Crippen LogP contribution in [-0.4, -0.2) is 12.1 Å². The summed E-state index contributed by atoms with van der Waals surface area (Å²) in [6, 6.07) is 8.15. The number of nitrogens with zero attached hydrogens (tertiary/aromatic N) is 1. The number of aromatic nitrogens is 1. The molecule has 3 rings (SSSR count). The van der Waals surface area contributed by atoms with Gasteiger partial charge < -0.3 is 10.5 Å². The first-order valence-corrected chi connectivity index (χ1v) is 7.41. The van der Waals surface area contributed by atoms with Crippen LogP contribution in [0.15, 0.2) is 24.3 Å². The van der Waals surface area contributed by atoms with Crippen LogP contribution in [0, 0.1) is 0 Å². The summed E-state index contributed by atoms with van der Waals surface area (Å²) in [4.78, 5) is 6.13. The topological polar surface area (TPSA) is 48.1 Å². The van der Waals surface area contributed by atoms with Gasteiger partial charge >= 0.3 is 0 Å². The molecule has 0 spiro atoms. The molecule has 19 heavy (non-hydrogen) atoms. The number of hydrogen-bond acceptors (Lipinski definition) is 4. The minimum Gasteiger partial charge on any atom is -0.380 e. The van der Waals surface area contributed by atoms with Crippen LogP contribution in [0.25, 0.3) is 0 Å². The lowest BCUT2D eigenvalue weighted by molar-refractivity contribution is 0.185. The van der Waals surface area contributed by atoms with Crippen molar-refractivity contribution in [3.63, 3.8) is 0 Å². The monoisotopic (exact) mass is 274 g/mol. The predicted molar refractivity (Wildman–Crippen MR) is 77.3 cm³/mol. The zero-order valence-corrected chi connectivity index (χ0v) is 11.9. The van der Waals surface area contributed by atoms with E-state index in [9.17, 15) is 0 Å². The van der Waals surface area contributed by atoms with E-state index < -0.39 is 0 Å². The molecule has 0 amide bonds. The summed E-state index contributed by atoms with van der Waals surface area (Å²) in [6.45, 7) is 0.620. The van der Waals surface area contributed by atoms with Crippen molar-refractivity contribution < 1.29 is 4.74 Å². The van der Waals surface area contributed by atoms with Gasteiger partial charge in [-0.05, 0) is 30.4 Å². The third-order valence-electron chi connectivity index (χ3n) is 3.50. The molecule has 4 heteroatoms. The molecule has 0 saturated heterocycles. The molecule has 0 aliphatic heterocycles. The molecule has 0 fully saturated rings. The number of rotatable bonds is 4. The van der Waals surface area contributed by atoms with Gasteiger partial charge in [0.15, 0.2) is 0 Å². The van der Waals surface area contributed by atoms with Crippen LogP contribution in [0.4, 0.5) is 0 Å². The van der Waals surface area contributed by atoms with Crippen molar-refractivity contribution in [1.29, 1.82) is 0 Å². The Morgan fingerprint density at radius 2 is 2.32 bits per heavy atom. The summed E-state index contributed by atoms with van der Waals surface area (Å²) in [6.07, 6.45) is 3.53. The molecule has 0 bridgehead atoms. The highest BCUT2D eigenvalue weighted by atomic mass is 32.1. The summed E-state index contributed by atoms with van der Waals surface area (Å²) in [5.41, 5.74) is 9.88. The Morgan fingerprint density at radius 1 is 1.42 bits per heavy atom. The summed E-state index contributed by atoms with van der Waals surface area (Å²) in [5, 5.41) is 1.04. The number of nitrogens with two attached hydrogens (primary N) is 1. The van der Waals surface area contributed by atoms with Gasteiger partial charge in [-0.25, -0.2) is 4.98 Å². The highest BCUT2D eigenvalue weighted by Gasteiger charge is 2.20. The average molecular weight is 274 g/mol. The highest BCUT2D eigenvalue weighted by molar-refractivity contribution is 7.11. The summed E-state index contributed by atoms with van der Waals surface area (Å²) < 4.78 is 5.16. The van der Waals surface area contributed by atoms with Crippen molar-refractivity contribution in [3.05, 3.63) is 51.0 Å². The molecule has 0 radical (unpaired) electrons. The fourth-order valence-electron chi connectivity index (χ4n) is 2.53. The Bertz CT molecular complexity index is 558. The SMILES string of the molecule is COCc1cccc(C(N)c2nc3c(s2)CCC3)c1. The van der Waals surface area contributed by atoms with E-state index in [4.69, 9.17) is 15.5 Å². The first-order chi connectivity index (χ1) is 9.28. The molecule has 100 valence electrons. The van der Waals surface area contributed by atoms with E-state index in [1.807, 2.05) is 6.07 Å². The second-order valence-electron chi connectivity index (χ2n) is 4.93. The first-order valence-electron chi connectivity index (χ1n) is 6.60. The van der Waals surface area contributed by atoms with Crippen molar-refractivity contribution in [2.75, 3.05) is 7.11 Å². The number of benzene rings is 1. The van der Waals surface area contributed by atoms with E-state index in [0.29, 0.717) is 6.61 Å². The molecule has 2 N–H and O–H groups in total. The Kier molecular flexibility index (Phi) is 3.64. The van der Waals surface area contributed by atoms with Crippen molar-refractivity contribution in [1.82, 2.24) is 4.98 Å². The molecular formula is C15H18N2OS. The average Bonchev–Trinajstić information content (AvgIpc) is 2.99. The smallest absolute Gasteiger partial charge is 0.114 e. The molecule has 1 unspecified atom stereocenters. The molecule has 1 aromatic carbocycles. The van der Waals surface area contributed by atoms with E-state index >= 15 is 0 Å². The minimum atomic E-state index is -0.118. The third-order valence-corrected chi connectivity index (χ3v) is 4.74. The number of aryl methyl sites for hydroxylation is 2. The Hall–Kier alpha value is -1.23. The Balaban J connectivity index is 1.86. The van der Waals surface area contributed by atoms with Crippen LogP contribution in [-0.2, 0) is 24.2 Å². The van der Waals surface area contributed by atoms with Crippen molar-refractivity contribution in [2.24, 2.45) is 5.73 Å². The normalized spacial score (nSPS) is 15.5. The van der Waals surface area contributed by atoms with Gasteiger partial charge in [-0.2, -0.15) is 0 Å². The second-order valence-corrected chi connectivity index (χ2v) is 6.05. The maximum Gasteiger partial charge on any atom is 0.114 e. The van der Waals surface area contributed by atoms with E-state index in [1.165, 1.54) is 23.4 Å². The van der Waals surface area contributed by atoms with E-state index in [-0.39, 0.29) is 6.04 Å². The van der Waals surface area contributed by atoms with Gasteiger partial charge in [-0.15, -0.1) is 11.3 Å². The lowest BCUT2D eigenvalue weighted by Gasteiger charge is -2.10. The molecule has 1 heterocycles. The molecule has 1 atom stereocenters. The summed E-state index contributed by atoms with van der Waals surface area (Å²) in [5.74, 6) is 0. The molecular weight excluding hydrogens is 256 g/mol. The van der Waals surface area contributed by atoms with Crippen molar-refractivity contribution in [3.8, 4) is 0 Å².